The molecule has 5 aromatic carbocycles. The molecule has 0 saturated heterocycles. The molecule has 0 fully saturated rings. The molecule has 2 atom stereocenters. The molecule has 2 unspecified atom stereocenters. The van der Waals surface area contributed by atoms with Gasteiger partial charge in [-0.1, -0.05) is 131 Å². The Balaban J connectivity index is 1.79. The maximum atomic E-state index is 13.2. The van der Waals surface area contributed by atoms with E-state index in [0.717, 1.165) is 65.5 Å². The van der Waals surface area contributed by atoms with Gasteiger partial charge in [0.1, 0.15) is 5.60 Å². The first-order chi connectivity index (χ1) is 26.9. The van der Waals surface area contributed by atoms with Crippen LogP contribution in [0.1, 0.15) is 109 Å². The van der Waals surface area contributed by atoms with Crippen LogP contribution in [0.15, 0.2) is 109 Å². The van der Waals surface area contributed by atoms with Crippen LogP contribution in [0.3, 0.4) is 0 Å². The molecule has 6 rings (SSSR count). The molecule has 7 nitrogen and oxygen atoms in total. The van der Waals surface area contributed by atoms with Gasteiger partial charge < -0.3 is 30.0 Å². The fraction of sp³-hybridized carbons (Fsp3) is 0.354. The molecule has 0 aliphatic heterocycles. The van der Waals surface area contributed by atoms with Crippen LogP contribution in [0.4, 0.5) is 4.79 Å². The Bertz CT molecular complexity index is 2030. The van der Waals surface area contributed by atoms with Crippen molar-refractivity contribution in [3.8, 4) is 17.2 Å². The Hall–Kier alpha value is -5.27. The van der Waals surface area contributed by atoms with Gasteiger partial charge in [-0.05, 0) is 83.5 Å². The number of fused-ring (bicyclic) bond motifs is 8. The molecule has 0 radical (unpaired) electrons. The molecule has 0 spiro atoms. The van der Waals surface area contributed by atoms with Crippen molar-refractivity contribution in [3.63, 3.8) is 0 Å². The van der Waals surface area contributed by atoms with Gasteiger partial charge in [-0.3, -0.25) is 0 Å². The van der Waals surface area contributed by atoms with Gasteiger partial charge in [-0.25, -0.2) is 4.79 Å². The fourth-order valence-corrected chi connectivity index (χ4v) is 7.62. The van der Waals surface area contributed by atoms with E-state index >= 15 is 0 Å². The number of hydrogen-bond donors (Lipinski definition) is 2. The average Bonchev–Trinajstić information content (AvgIpc) is 3.19. The summed E-state index contributed by atoms with van der Waals surface area (Å²) >= 11 is 0. The van der Waals surface area contributed by atoms with E-state index in [1.165, 1.54) is 16.7 Å². The third kappa shape index (κ3) is 9.17. The maximum absolute atomic E-state index is 13.2. The second-order valence-electron chi connectivity index (χ2n) is 14.4. The van der Waals surface area contributed by atoms with Crippen LogP contribution in [0.2, 0.25) is 0 Å². The van der Waals surface area contributed by atoms with Crippen LogP contribution in [0.5, 0.6) is 17.2 Å². The predicted octanol–water partition coefficient (Wildman–Crippen LogP) is 10.2. The summed E-state index contributed by atoms with van der Waals surface area (Å²) in [5, 5.41) is 3.18. The van der Waals surface area contributed by atoms with Gasteiger partial charge in [0.2, 0.25) is 5.75 Å². The number of carbonyl (C=O) groups excluding carboxylic acids is 1. The molecular weight excluding hydrogens is 685 g/mol. The minimum absolute atomic E-state index is 0.389. The maximum Gasteiger partial charge on any atom is 0.312 e. The molecule has 0 aromatic heterocycles. The number of nitrogens with one attached hydrogen (secondary N) is 1. The molecular formula is C48H56N2O5. The lowest BCUT2D eigenvalue weighted by molar-refractivity contribution is -0.0462. The van der Waals surface area contributed by atoms with E-state index in [-0.39, 0.29) is 0 Å². The van der Waals surface area contributed by atoms with E-state index in [4.69, 9.17) is 24.7 Å². The number of amides is 2. The molecule has 1 aliphatic rings. The van der Waals surface area contributed by atoms with Gasteiger partial charge in [0.15, 0.2) is 11.5 Å². The summed E-state index contributed by atoms with van der Waals surface area (Å²) in [7, 11) is 0. The highest BCUT2D eigenvalue weighted by Gasteiger charge is 2.49. The summed E-state index contributed by atoms with van der Waals surface area (Å²) < 4.78 is 27.7. The smallest absolute Gasteiger partial charge is 0.312 e. The average molecular weight is 741 g/mol. The monoisotopic (exact) mass is 740 g/mol. The molecule has 3 N–H and O–H groups in total. The van der Waals surface area contributed by atoms with Crippen molar-refractivity contribution in [2.24, 2.45) is 5.73 Å². The molecule has 2 amide bonds. The predicted molar refractivity (Wildman–Crippen MR) is 220 cm³/mol. The van der Waals surface area contributed by atoms with Crippen molar-refractivity contribution in [2.75, 3.05) is 26.4 Å². The minimum atomic E-state index is -1.34. The number of hydrogen-bond acceptors (Lipinski definition) is 5. The SMILES string of the molecule is CCCOc1c2cc(c(OCCC)c1OCCC)C(OCCC)(C(NC(N)=O)c1ccccc1)c1cccc(c1)Cc1cccc(c1)Cc1cccc(c1)C2. The van der Waals surface area contributed by atoms with Crippen LogP contribution in [-0.4, -0.2) is 32.5 Å². The van der Waals surface area contributed by atoms with Crippen molar-refractivity contribution < 1.29 is 23.7 Å². The number of primary amides is 1. The normalized spacial score (nSPS) is 15.5. The van der Waals surface area contributed by atoms with Crippen LogP contribution < -0.4 is 25.3 Å². The third-order valence-corrected chi connectivity index (χ3v) is 9.93. The van der Waals surface area contributed by atoms with Gasteiger partial charge >= 0.3 is 6.03 Å². The van der Waals surface area contributed by atoms with Gasteiger partial charge in [-0.15, -0.1) is 0 Å². The zero-order valence-corrected chi connectivity index (χ0v) is 32.9. The van der Waals surface area contributed by atoms with Crippen molar-refractivity contribution >= 4 is 6.03 Å². The van der Waals surface area contributed by atoms with E-state index < -0.39 is 17.7 Å². The first-order valence-electron chi connectivity index (χ1n) is 20.0. The zero-order valence-electron chi connectivity index (χ0n) is 32.9. The fourth-order valence-electron chi connectivity index (χ4n) is 7.62. The summed E-state index contributed by atoms with van der Waals surface area (Å²) in [5.74, 6) is 1.76. The molecule has 0 saturated carbocycles. The summed E-state index contributed by atoms with van der Waals surface area (Å²) in [6, 6.07) is 36.9. The largest absolute Gasteiger partial charge is 0.489 e. The molecule has 0 heterocycles. The van der Waals surface area contributed by atoms with E-state index in [2.05, 4.69) is 112 Å². The number of carbonyl (C=O) groups is 1. The van der Waals surface area contributed by atoms with Crippen molar-refractivity contribution in [1.82, 2.24) is 5.32 Å². The van der Waals surface area contributed by atoms with Crippen LogP contribution >= 0.6 is 0 Å². The molecule has 288 valence electrons. The van der Waals surface area contributed by atoms with Crippen molar-refractivity contribution in [2.45, 2.75) is 84.3 Å². The van der Waals surface area contributed by atoms with Gasteiger partial charge in [0, 0.05) is 24.2 Å². The lowest BCUT2D eigenvalue weighted by atomic mass is 9.75. The minimum Gasteiger partial charge on any atom is -0.489 e. The Morgan fingerprint density at radius 1 is 0.600 bits per heavy atom. The molecule has 55 heavy (non-hydrogen) atoms. The summed E-state index contributed by atoms with van der Waals surface area (Å²) in [4.78, 5) is 13.2. The Kier molecular flexibility index (Phi) is 13.5. The topological polar surface area (TPSA) is 92.0 Å². The molecule has 7 heteroatoms. The first-order valence-corrected chi connectivity index (χ1v) is 20.0. The van der Waals surface area contributed by atoms with E-state index in [0.29, 0.717) is 56.5 Å². The van der Waals surface area contributed by atoms with Gasteiger partial charge in [-0.2, -0.15) is 0 Å². The second-order valence-corrected chi connectivity index (χ2v) is 14.4. The third-order valence-electron chi connectivity index (χ3n) is 9.93. The van der Waals surface area contributed by atoms with E-state index in [9.17, 15) is 4.79 Å². The lowest BCUT2D eigenvalue weighted by Gasteiger charge is -2.43. The number of urea groups is 1. The highest BCUT2D eigenvalue weighted by atomic mass is 16.5. The highest BCUT2D eigenvalue weighted by molar-refractivity contribution is 5.73. The van der Waals surface area contributed by atoms with Crippen LogP contribution in [0.25, 0.3) is 0 Å². The Labute approximate surface area is 327 Å². The highest BCUT2D eigenvalue weighted by Crippen LogP contribution is 2.54. The molecule has 8 bridgehead atoms. The van der Waals surface area contributed by atoms with E-state index in [1.54, 1.807) is 0 Å². The van der Waals surface area contributed by atoms with Gasteiger partial charge in [0.05, 0.1) is 25.9 Å². The number of ether oxygens (including phenoxy) is 4. The van der Waals surface area contributed by atoms with E-state index in [1.807, 2.05) is 30.3 Å². The van der Waals surface area contributed by atoms with Crippen LogP contribution in [-0.2, 0) is 29.6 Å². The molecule has 1 aliphatic carbocycles. The lowest BCUT2D eigenvalue weighted by Crippen LogP contribution is -2.49. The number of benzene rings is 5. The number of rotatable bonds is 15. The van der Waals surface area contributed by atoms with Gasteiger partial charge in [0.25, 0.3) is 0 Å². The standard InChI is InChI=1S/C48H56N2O5/c1-5-23-52-43-40-31-37-18-13-17-35(29-37)27-34-15-12-16-36(28-34)30-38-19-14-22-41(32-38)48(55-26-8-4,46(50-47(49)51)39-20-10-9-11-21-39)42(33-40)44(53-24-6-2)45(43)54-25-7-3/h9-22,28-29,32-33,46H,5-8,23-27,30-31H2,1-4H3,(H3,49,50,51). The van der Waals surface area contributed by atoms with Crippen LogP contribution in [0, 0.1) is 0 Å². The first kappa shape index (κ1) is 39.4. The second kappa shape index (κ2) is 18.9. The molecule has 5 aromatic rings. The number of nitrogens with two attached hydrogens (primary N) is 1. The summed E-state index contributed by atoms with van der Waals surface area (Å²) in [6.45, 7) is 10.2. The Morgan fingerprint density at radius 3 is 1.67 bits per heavy atom. The zero-order chi connectivity index (χ0) is 38.6. The Morgan fingerprint density at radius 2 is 1.11 bits per heavy atom. The van der Waals surface area contributed by atoms with Crippen molar-refractivity contribution in [1.29, 1.82) is 0 Å². The summed E-state index contributed by atoms with van der Waals surface area (Å²) in [6.07, 6.45) is 5.22. The summed E-state index contributed by atoms with van der Waals surface area (Å²) in [5.41, 5.74) is 14.1. The quantitative estimate of drug-likeness (QED) is 0.112. The van der Waals surface area contributed by atoms with Crippen molar-refractivity contribution in [3.05, 3.63) is 159 Å².